The van der Waals surface area contributed by atoms with Gasteiger partial charge in [0, 0.05) is 12.1 Å². The van der Waals surface area contributed by atoms with Crippen molar-refractivity contribution in [1.29, 1.82) is 0 Å². The van der Waals surface area contributed by atoms with E-state index >= 15 is 0 Å². The number of fused-ring (bicyclic) bond motifs is 1. The number of unbranched alkanes of at least 4 members (excludes halogenated alkanes) is 6. The molecule has 0 fully saturated rings. The predicted octanol–water partition coefficient (Wildman–Crippen LogP) is 5.72. The Kier molecular flexibility index (Phi) is 7.99. The van der Waals surface area contributed by atoms with Gasteiger partial charge in [0.25, 0.3) is 11.8 Å². The molecule has 3 rings (SSSR count). The van der Waals surface area contributed by atoms with Gasteiger partial charge in [-0.2, -0.15) is 0 Å². The lowest BCUT2D eigenvalue weighted by molar-refractivity contribution is -0.119. The van der Waals surface area contributed by atoms with Crippen LogP contribution >= 0.6 is 0 Å². The molecule has 31 heavy (non-hydrogen) atoms. The lowest BCUT2D eigenvalue weighted by Crippen LogP contribution is -2.44. The number of hydrogen-bond acceptors (Lipinski definition) is 3. The normalized spacial score (nSPS) is 12.9. The largest absolute Gasteiger partial charge is 0.293 e. The van der Waals surface area contributed by atoms with E-state index in [1.54, 1.807) is 29.2 Å². The molecule has 5 heteroatoms. The summed E-state index contributed by atoms with van der Waals surface area (Å²) in [6, 6.07) is 14.4. The molecule has 0 aromatic heterocycles. The van der Waals surface area contributed by atoms with Crippen LogP contribution in [0.2, 0.25) is 0 Å². The van der Waals surface area contributed by atoms with Crippen molar-refractivity contribution in [2.75, 3.05) is 11.6 Å². The highest BCUT2D eigenvalue weighted by Gasteiger charge is 2.37. The molecule has 0 aliphatic carbocycles. The Morgan fingerprint density at radius 1 is 0.806 bits per heavy atom. The molecule has 164 valence electrons. The molecule has 0 spiro atoms. The minimum atomic E-state index is -0.345. The molecule has 0 N–H and O–H groups in total. The van der Waals surface area contributed by atoms with Crippen molar-refractivity contribution < 1.29 is 14.4 Å². The number of para-hydroxylation sites is 1. The summed E-state index contributed by atoms with van der Waals surface area (Å²) in [6.07, 6.45) is 8.32. The number of anilines is 1. The van der Waals surface area contributed by atoms with E-state index in [0.717, 1.165) is 30.5 Å². The van der Waals surface area contributed by atoms with E-state index in [2.05, 4.69) is 6.92 Å². The smallest absolute Gasteiger partial charge is 0.263 e. The average molecular weight is 421 g/mol. The Morgan fingerprint density at radius 2 is 1.35 bits per heavy atom. The molecule has 1 aliphatic heterocycles. The fraction of sp³-hybridized carbons (Fsp3) is 0.423. The molecule has 0 saturated heterocycles. The van der Waals surface area contributed by atoms with Gasteiger partial charge in [-0.1, -0.05) is 75.8 Å². The molecule has 2 aromatic carbocycles. The van der Waals surface area contributed by atoms with E-state index in [4.69, 9.17) is 0 Å². The molecular weight excluding hydrogens is 388 g/mol. The lowest BCUT2D eigenvalue weighted by atomic mass is 10.1. The summed E-state index contributed by atoms with van der Waals surface area (Å²) in [5.41, 5.74) is 2.48. The first-order chi connectivity index (χ1) is 15.0. The van der Waals surface area contributed by atoms with E-state index in [9.17, 15) is 14.4 Å². The molecule has 0 saturated carbocycles. The maximum atomic E-state index is 13.2. The van der Waals surface area contributed by atoms with Crippen LogP contribution in [0, 0.1) is 6.92 Å². The van der Waals surface area contributed by atoms with Gasteiger partial charge < -0.3 is 0 Å². The van der Waals surface area contributed by atoms with Crippen LogP contribution in [0.1, 0.15) is 84.6 Å². The predicted molar refractivity (Wildman–Crippen MR) is 123 cm³/mol. The highest BCUT2D eigenvalue weighted by Crippen LogP contribution is 2.26. The van der Waals surface area contributed by atoms with Crippen molar-refractivity contribution in [3.05, 3.63) is 65.2 Å². The first-order valence-corrected chi connectivity index (χ1v) is 11.4. The van der Waals surface area contributed by atoms with E-state index in [-0.39, 0.29) is 24.4 Å². The second kappa shape index (κ2) is 10.9. The van der Waals surface area contributed by atoms with E-state index in [0.29, 0.717) is 17.5 Å². The van der Waals surface area contributed by atoms with Gasteiger partial charge in [-0.15, -0.1) is 0 Å². The molecule has 2 aromatic rings. The van der Waals surface area contributed by atoms with Crippen LogP contribution < -0.4 is 4.90 Å². The minimum absolute atomic E-state index is 0.0561. The summed E-state index contributed by atoms with van der Waals surface area (Å²) in [6.45, 7) is 4.07. The number of amides is 3. The molecule has 1 heterocycles. The fourth-order valence-electron chi connectivity index (χ4n) is 4.03. The van der Waals surface area contributed by atoms with Crippen molar-refractivity contribution in [2.24, 2.45) is 0 Å². The Morgan fingerprint density at radius 3 is 1.97 bits per heavy atom. The van der Waals surface area contributed by atoms with Crippen LogP contribution in [0.4, 0.5) is 5.69 Å². The summed E-state index contributed by atoms with van der Waals surface area (Å²) < 4.78 is 0. The van der Waals surface area contributed by atoms with Gasteiger partial charge in [0.15, 0.2) is 0 Å². The number of carbonyl (C=O) groups excluding carboxylic acids is 3. The summed E-state index contributed by atoms with van der Waals surface area (Å²) in [7, 11) is 0. The van der Waals surface area contributed by atoms with E-state index in [1.165, 1.54) is 30.6 Å². The zero-order valence-corrected chi connectivity index (χ0v) is 18.6. The monoisotopic (exact) mass is 420 g/mol. The number of imide groups is 1. The maximum Gasteiger partial charge on any atom is 0.263 e. The van der Waals surface area contributed by atoms with Gasteiger partial charge in [0.05, 0.1) is 11.1 Å². The Hall–Kier alpha value is -2.95. The van der Waals surface area contributed by atoms with Crippen LogP contribution in [0.3, 0.4) is 0 Å². The molecule has 0 bridgehead atoms. The van der Waals surface area contributed by atoms with Gasteiger partial charge in [-0.3, -0.25) is 24.2 Å². The van der Waals surface area contributed by atoms with E-state index in [1.807, 2.05) is 31.2 Å². The van der Waals surface area contributed by atoms with Gasteiger partial charge in [0.1, 0.15) is 6.67 Å². The SMILES string of the molecule is CCCCCCCCCC(=O)N(CN1C(=O)c2ccccc2C1=O)c1ccccc1C. The van der Waals surface area contributed by atoms with Crippen LogP contribution in [0.25, 0.3) is 0 Å². The van der Waals surface area contributed by atoms with Gasteiger partial charge in [-0.05, 0) is 37.1 Å². The standard InChI is InChI=1S/C26H32N2O3/c1-3-4-5-6-7-8-9-18-24(29)27(23-17-13-10-14-20(23)2)19-28-25(30)21-15-11-12-16-22(21)26(28)31/h10-17H,3-9,18-19H2,1-2H3. The highest BCUT2D eigenvalue weighted by molar-refractivity contribution is 6.21. The van der Waals surface area contributed by atoms with Crippen molar-refractivity contribution in [3.8, 4) is 0 Å². The molecule has 1 aliphatic rings. The Labute approximate surface area is 185 Å². The van der Waals surface area contributed by atoms with E-state index < -0.39 is 0 Å². The molecule has 0 unspecified atom stereocenters. The topological polar surface area (TPSA) is 57.7 Å². The van der Waals surface area contributed by atoms with Crippen molar-refractivity contribution in [2.45, 2.75) is 65.2 Å². The Balaban J connectivity index is 1.70. The lowest BCUT2D eigenvalue weighted by Gasteiger charge is -2.28. The summed E-state index contributed by atoms with van der Waals surface area (Å²) in [5, 5.41) is 0. The third-order valence-corrected chi connectivity index (χ3v) is 5.86. The zero-order valence-electron chi connectivity index (χ0n) is 18.6. The number of hydrogen-bond donors (Lipinski definition) is 0. The first kappa shape index (κ1) is 22.7. The van der Waals surface area contributed by atoms with Gasteiger partial charge >= 0.3 is 0 Å². The third-order valence-electron chi connectivity index (χ3n) is 5.86. The summed E-state index contributed by atoms with van der Waals surface area (Å²) in [5.74, 6) is -0.745. The molecule has 3 amide bonds. The van der Waals surface area contributed by atoms with Gasteiger partial charge in [-0.25, -0.2) is 0 Å². The summed E-state index contributed by atoms with van der Waals surface area (Å²) >= 11 is 0. The third kappa shape index (κ3) is 5.40. The van der Waals surface area contributed by atoms with Crippen molar-refractivity contribution in [3.63, 3.8) is 0 Å². The maximum absolute atomic E-state index is 13.2. The van der Waals surface area contributed by atoms with Crippen molar-refractivity contribution in [1.82, 2.24) is 4.90 Å². The quantitative estimate of drug-likeness (QED) is 0.345. The number of rotatable bonds is 11. The molecule has 0 atom stereocenters. The first-order valence-electron chi connectivity index (χ1n) is 11.4. The Bertz CT molecular complexity index is 903. The average Bonchev–Trinajstić information content (AvgIpc) is 3.02. The van der Waals surface area contributed by atoms with Crippen LogP contribution in [0.15, 0.2) is 48.5 Å². The highest BCUT2D eigenvalue weighted by atomic mass is 16.2. The summed E-state index contributed by atoms with van der Waals surface area (Å²) in [4.78, 5) is 41.6. The number of carbonyl (C=O) groups is 3. The van der Waals surface area contributed by atoms with Crippen LogP contribution in [-0.2, 0) is 4.79 Å². The minimum Gasteiger partial charge on any atom is -0.293 e. The second-order valence-electron chi connectivity index (χ2n) is 8.20. The second-order valence-corrected chi connectivity index (χ2v) is 8.20. The van der Waals surface area contributed by atoms with Crippen molar-refractivity contribution >= 4 is 23.4 Å². The fourth-order valence-corrected chi connectivity index (χ4v) is 4.03. The number of benzene rings is 2. The number of nitrogens with zero attached hydrogens (tertiary/aromatic N) is 2. The number of aryl methyl sites for hydroxylation is 1. The zero-order chi connectivity index (χ0) is 22.2. The van der Waals surface area contributed by atoms with Gasteiger partial charge in [0.2, 0.25) is 5.91 Å². The molecular formula is C26H32N2O3. The molecule has 0 radical (unpaired) electrons. The van der Waals surface area contributed by atoms with Crippen LogP contribution in [0.5, 0.6) is 0 Å². The van der Waals surface area contributed by atoms with Crippen LogP contribution in [-0.4, -0.2) is 29.3 Å². The molecule has 5 nitrogen and oxygen atoms in total.